The van der Waals surface area contributed by atoms with Gasteiger partial charge in [0.15, 0.2) is 0 Å². The number of hydrogen-bond acceptors (Lipinski definition) is 3. The van der Waals surface area contributed by atoms with Gasteiger partial charge in [-0.2, -0.15) is 0 Å². The fraction of sp³-hybridized carbons (Fsp3) is 0.857. The Morgan fingerprint density at radius 2 is 1.74 bits per heavy atom. The molecule has 0 aliphatic carbocycles. The highest BCUT2D eigenvalue weighted by Gasteiger charge is 2.21. The van der Waals surface area contributed by atoms with Gasteiger partial charge in [0, 0.05) is 32.7 Å². The summed E-state index contributed by atoms with van der Waals surface area (Å²) in [5.74, 6) is -0.178. The molecule has 1 heterocycles. The highest BCUT2D eigenvalue weighted by atomic mass is 16.2. The molecule has 1 rings (SSSR count). The molecule has 5 heteroatoms. The first kappa shape index (κ1) is 16.0. The van der Waals surface area contributed by atoms with Crippen molar-refractivity contribution in [3.8, 4) is 0 Å². The fourth-order valence-electron chi connectivity index (χ4n) is 2.23. The molecule has 0 atom stereocenters. The van der Waals surface area contributed by atoms with E-state index in [1.807, 2.05) is 0 Å². The number of likely N-dealkylation sites (N-methyl/N-ethyl adjacent to an activating group) is 1. The summed E-state index contributed by atoms with van der Waals surface area (Å²) in [4.78, 5) is 27.7. The van der Waals surface area contributed by atoms with Gasteiger partial charge in [-0.25, -0.2) is 0 Å². The Morgan fingerprint density at radius 1 is 1.05 bits per heavy atom. The van der Waals surface area contributed by atoms with Crippen LogP contribution in [0.2, 0.25) is 0 Å². The summed E-state index contributed by atoms with van der Waals surface area (Å²) >= 11 is 0. The summed E-state index contributed by atoms with van der Waals surface area (Å²) in [6.07, 6.45) is 3.24. The molecule has 0 saturated carbocycles. The van der Waals surface area contributed by atoms with Crippen molar-refractivity contribution in [3.63, 3.8) is 0 Å². The lowest BCUT2D eigenvalue weighted by atomic mass is 10.2. The summed E-state index contributed by atoms with van der Waals surface area (Å²) < 4.78 is 0. The number of rotatable bonds is 7. The second-order valence-electron chi connectivity index (χ2n) is 5.05. The number of unbranched alkanes of at least 4 members (excludes halogenated alkanes) is 2. The van der Waals surface area contributed by atoms with E-state index in [1.54, 1.807) is 4.90 Å². The highest BCUT2D eigenvalue weighted by molar-refractivity contribution is 5.96. The maximum Gasteiger partial charge on any atom is 0.232 e. The van der Waals surface area contributed by atoms with Gasteiger partial charge in [0.2, 0.25) is 11.8 Å². The summed E-state index contributed by atoms with van der Waals surface area (Å²) in [7, 11) is 0. The minimum Gasteiger partial charge on any atom is -0.356 e. The molecule has 1 aliphatic rings. The van der Waals surface area contributed by atoms with E-state index in [0.717, 1.165) is 52.0 Å². The number of carbonyl (C=O) groups excluding carboxylic acids is 2. The second-order valence-corrected chi connectivity index (χ2v) is 5.05. The zero-order valence-corrected chi connectivity index (χ0v) is 12.3. The lowest BCUT2D eigenvalue weighted by Crippen LogP contribution is -2.49. The third-order valence-corrected chi connectivity index (χ3v) is 3.59. The largest absolute Gasteiger partial charge is 0.356 e. The van der Waals surface area contributed by atoms with Crippen LogP contribution < -0.4 is 5.32 Å². The quantitative estimate of drug-likeness (QED) is 0.550. The molecule has 1 aliphatic heterocycles. The average molecular weight is 269 g/mol. The number of piperazine rings is 1. The number of hydrogen-bond donors (Lipinski definition) is 1. The predicted molar refractivity (Wildman–Crippen MR) is 75.8 cm³/mol. The van der Waals surface area contributed by atoms with Gasteiger partial charge in [-0.05, 0) is 13.0 Å². The van der Waals surface area contributed by atoms with Crippen LogP contribution in [0.3, 0.4) is 0 Å². The Morgan fingerprint density at radius 3 is 2.32 bits per heavy atom. The van der Waals surface area contributed by atoms with Crippen LogP contribution in [-0.4, -0.2) is 60.9 Å². The normalized spacial score (nSPS) is 16.4. The van der Waals surface area contributed by atoms with E-state index in [1.165, 1.54) is 0 Å². The van der Waals surface area contributed by atoms with Crippen LogP contribution in [0.4, 0.5) is 0 Å². The van der Waals surface area contributed by atoms with Crippen molar-refractivity contribution in [2.24, 2.45) is 0 Å². The first-order valence-corrected chi connectivity index (χ1v) is 7.44. The van der Waals surface area contributed by atoms with Gasteiger partial charge in [0.25, 0.3) is 0 Å². The van der Waals surface area contributed by atoms with E-state index in [2.05, 4.69) is 24.1 Å². The van der Waals surface area contributed by atoms with Crippen LogP contribution in [0, 0.1) is 0 Å². The van der Waals surface area contributed by atoms with E-state index in [9.17, 15) is 9.59 Å². The topological polar surface area (TPSA) is 52.7 Å². The standard InChI is InChI=1S/C14H27N3O2/c1-3-5-6-7-15-13(18)12-14(19)17-10-8-16(4-2)9-11-17/h3-12H2,1-2H3,(H,15,18). The molecule has 5 nitrogen and oxygen atoms in total. The van der Waals surface area contributed by atoms with Crippen molar-refractivity contribution in [1.29, 1.82) is 0 Å². The molecule has 110 valence electrons. The Labute approximate surface area is 116 Å². The van der Waals surface area contributed by atoms with Crippen LogP contribution in [0.15, 0.2) is 0 Å². The SMILES string of the molecule is CCCCCNC(=O)CC(=O)N1CCN(CC)CC1. The van der Waals surface area contributed by atoms with Crippen molar-refractivity contribution in [2.75, 3.05) is 39.3 Å². The van der Waals surface area contributed by atoms with Gasteiger partial charge in [-0.1, -0.05) is 26.7 Å². The minimum atomic E-state index is -0.140. The molecule has 0 aromatic rings. The van der Waals surface area contributed by atoms with Gasteiger partial charge in [-0.15, -0.1) is 0 Å². The summed E-state index contributed by atoms with van der Waals surface area (Å²) in [6, 6.07) is 0. The number of carbonyl (C=O) groups is 2. The van der Waals surface area contributed by atoms with E-state index < -0.39 is 0 Å². The van der Waals surface area contributed by atoms with E-state index in [0.29, 0.717) is 6.54 Å². The Kier molecular flexibility index (Phi) is 7.48. The van der Waals surface area contributed by atoms with Gasteiger partial charge < -0.3 is 15.1 Å². The highest BCUT2D eigenvalue weighted by Crippen LogP contribution is 2.03. The molecule has 1 fully saturated rings. The van der Waals surface area contributed by atoms with Crippen LogP contribution in [0.25, 0.3) is 0 Å². The molecule has 0 aromatic carbocycles. The Balaban J connectivity index is 2.18. The fourth-order valence-corrected chi connectivity index (χ4v) is 2.23. The zero-order chi connectivity index (χ0) is 14.1. The van der Waals surface area contributed by atoms with Crippen molar-refractivity contribution in [2.45, 2.75) is 39.5 Å². The predicted octanol–water partition coefficient (Wildman–Crippen LogP) is 0.847. The molecule has 0 radical (unpaired) electrons. The van der Waals surface area contributed by atoms with Gasteiger partial charge in [0.1, 0.15) is 6.42 Å². The van der Waals surface area contributed by atoms with Crippen LogP contribution in [0.5, 0.6) is 0 Å². The van der Waals surface area contributed by atoms with E-state index in [-0.39, 0.29) is 18.2 Å². The third-order valence-electron chi connectivity index (χ3n) is 3.59. The van der Waals surface area contributed by atoms with Crippen molar-refractivity contribution in [1.82, 2.24) is 15.1 Å². The lowest BCUT2D eigenvalue weighted by Gasteiger charge is -2.33. The molecule has 0 unspecified atom stereocenters. The molecule has 1 N–H and O–H groups in total. The molecular formula is C14H27N3O2. The first-order valence-electron chi connectivity index (χ1n) is 7.44. The third kappa shape index (κ3) is 6.05. The first-order chi connectivity index (χ1) is 9.17. The smallest absolute Gasteiger partial charge is 0.232 e. The number of amides is 2. The Hall–Kier alpha value is -1.10. The van der Waals surface area contributed by atoms with Crippen LogP contribution in [-0.2, 0) is 9.59 Å². The summed E-state index contributed by atoms with van der Waals surface area (Å²) in [6.45, 7) is 9.29. The zero-order valence-electron chi connectivity index (χ0n) is 12.3. The van der Waals surface area contributed by atoms with Gasteiger partial charge in [-0.3, -0.25) is 9.59 Å². The summed E-state index contributed by atoms with van der Waals surface area (Å²) in [5.41, 5.74) is 0. The van der Waals surface area contributed by atoms with E-state index >= 15 is 0 Å². The molecule has 19 heavy (non-hydrogen) atoms. The average Bonchev–Trinajstić information content (AvgIpc) is 2.43. The van der Waals surface area contributed by atoms with Gasteiger partial charge >= 0.3 is 0 Å². The molecular weight excluding hydrogens is 242 g/mol. The summed E-state index contributed by atoms with van der Waals surface area (Å²) in [5, 5.41) is 2.81. The molecule has 0 bridgehead atoms. The maximum atomic E-state index is 11.9. The van der Waals surface area contributed by atoms with Crippen LogP contribution >= 0.6 is 0 Å². The van der Waals surface area contributed by atoms with Gasteiger partial charge in [0.05, 0.1) is 0 Å². The van der Waals surface area contributed by atoms with E-state index in [4.69, 9.17) is 0 Å². The molecule has 1 saturated heterocycles. The number of nitrogens with one attached hydrogen (secondary N) is 1. The van der Waals surface area contributed by atoms with Crippen molar-refractivity contribution >= 4 is 11.8 Å². The number of nitrogens with zero attached hydrogens (tertiary/aromatic N) is 2. The monoisotopic (exact) mass is 269 g/mol. The van der Waals surface area contributed by atoms with Crippen molar-refractivity contribution < 1.29 is 9.59 Å². The Bertz CT molecular complexity index is 286. The molecule has 0 spiro atoms. The second kappa shape index (κ2) is 8.91. The molecule has 0 aromatic heterocycles. The lowest BCUT2D eigenvalue weighted by molar-refractivity contribution is -0.137. The van der Waals surface area contributed by atoms with Crippen LogP contribution in [0.1, 0.15) is 39.5 Å². The maximum absolute atomic E-state index is 11.9. The minimum absolute atomic E-state index is 0.00174. The molecule has 2 amide bonds. The van der Waals surface area contributed by atoms with Crippen molar-refractivity contribution in [3.05, 3.63) is 0 Å².